The largest absolute Gasteiger partial charge is 0.379 e. The quantitative estimate of drug-likeness (QED) is 0.791. The third-order valence-corrected chi connectivity index (χ3v) is 5.16. The van der Waals surface area contributed by atoms with E-state index in [4.69, 9.17) is 16.3 Å². The highest BCUT2D eigenvalue weighted by atomic mass is 35.5. The molecule has 1 fully saturated rings. The van der Waals surface area contributed by atoms with Crippen LogP contribution < -0.4 is 16.6 Å². The van der Waals surface area contributed by atoms with E-state index in [1.165, 1.54) is 17.2 Å². The Bertz CT molecular complexity index is 885. The van der Waals surface area contributed by atoms with Gasteiger partial charge in [0.15, 0.2) is 0 Å². The summed E-state index contributed by atoms with van der Waals surface area (Å²) in [6, 6.07) is 8.02. The van der Waals surface area contributed by atoms with Crippen LogP contribution in [0.1, 0.15) is 17.2 Å². The van der Waals surface area contributed by atoms with E-state index in [-0.39, 0.29) is 17.3 Å². The lowest BCUT2D eigenvalue weighted by atomic mass is 10.0. The highest BCUT2D eigenvalue weighted by Gasteiger charge is 2.22. The third kappa shape index (κ3) is 4.68. The van der Waals surface area contributed by atoms with Gasteiger partial charge < -0.3 is 14.6 Å². The maximum absolute atomic E-state index is 12.3. The first-order chi connectivity index (χ1) is 13.0. The van der Waals surface area contributed by atoms with Gasteiger partial charge in [0.2, 0.25) is 0 Å². The first-order valence-electron chi connectivity index (χ1n) is 9.01. The Labute approximate surface area is 163 Å². The van der Waals surface area contributed by atoms with Crippen LogP contribution in [0.2, 0.25) is 5.02 Å². The standard InChI is InChI=1S/C19H25ClN4O3/c1-22-13-15(18(25)23(2)19(22)26)11-21-12-17(24-7-9-27-10-8-24)14-3-5-16(20)6-4-14/h3-6,13,17,21H,7-12H2,1-2H3. The molecule has 1 saturated heterocycles. The van der Waals surface area contributed by atoms with Crippen molar-refractivity contribution in [3.05, 3.63) is 67.4 Å². The lowest BCUT2D eigenvalue weighted by Crippen LogP contribution is -2.43. The Morgan fingerprint density at radius 3 is 2.48 bits per heavy atom. The number of ether oxygens (including phenoxy) is 1. The van der Waals surface area contributed by atoms with Crippen molar-refractivity contribution in [2.45, 2.75) is 12.6 Å². The molecule has 1 aliphatic rings. The lowest BCUT2D eigenvalue weighted by Gasteiger charge is -2.35. The average Bonchev–Trinajstić information content (AvgIpc) is 2.69. The first kappa shape index (κ1) is 19.8. The van der Waals surface area contributed by atoms with Gasteiger partial charge in [0.05, 0.1) is 13.2 Å². The number of rotatable bonds is 6. The summed E-state index contributed by atoms with van der Waals surface area (Å²) in [4.78, 5) is 26.5. The first-order valence-corrected chi connectivity index (χ1v) is 9.38. The number of halogens is 1. The summed E-state index contributed by atoms with van der Waals surface area (Å²) in [6.45, 7) is 4.22. The second kappa shape index (κ2) is 8.84. The molecule has 1 unspecified atom stereocenters. The van der Waals surface area contributed by atoms with Crippen LogP contribution in [-0.4, -0.2) is 46.9 Å². The Hall–Kier alpha value is -1.93. The van der Waals surface area contributed by atoms with Gasteiger partial charge in [0.25, 0.3) is 5.56 Å². The molecular formula is C19H25ClN4O3. The van der Waals surface area contributed by atoms with Crippen LogP contribution in [0.3, 0.4) is 0 Å². The molecule has 1 atom stereocenters. The van der Waals surface area contributed by atoms with Crippen LogP contribution in [-0.2, 0) is 25.4 Å². The maximum Gasteiger partial charge on any atom is 0.330 e. The van der Waals surface area contributed by atoms with E-state index >= 15 is 0 Å². The molecule has 0 spiro atoms. The molecule has 1 aliphatic heterocycles. The molecule has 0 aliphatic carbocycles. The zero-order chi connectivity index (χ0) is 19.4. The fourth-order valence-electron chi connectivity index (χ4n) is 3.38. The number of benzene rings is 1. The molecule has 0 saturated carbocycles. The predicted molar refractivity (Wildman–Crippen MR) is 105 cm³/mol. The minimum atomic E-state index is -0.323. The molecule has 27 heavy (non-hydrogen) atoms. The van der Waals surface area contributed by atoms with E-state index in [0.29, 0.717) is 36.9 Å². The van der Waals surface area contributed by atoms with E-state index in [2.05, 4.69) is 10.2 Å². The number of hydrogen-bond donors (Lipinski definition) is 1. The molecule has 2 heterocycles. The van der Waals surface area contributed by atoms with E-state index in [0.717, 1.165) is 17.7 Å². The summed E-state index contributed by atoms with van der Waals surface area (Å²) >= 11 is 6.03. The Morgan fingerprint density at radius 2 is 1.81 bits per heavy atom. The normalized spacial score (nSPS) is 16.4. The molecule has 1 aromatic heterocycles. The SMILES string of the molecule is Cn1cc(CNCC(c2ccc(Cl)cc2)N2CCOCC2)c(=O)n(C)c1=O. The molecule has 146 valence electrons. The van der Waals surface area contributed by atoms with Crippen LogP contribution in [0.15, 0.2) is 40.1 Å². The number of aryl methyl sites for hydroxylation is 1. The number of morpholine rings is 1. The summed E-state index contributed by atoms with van der Waals surface area (Å²) in [7, 11) is 3.15. The van der Waals surface area contributed by atoms with Gasteiger partial charge in [-0.25, -0.2) is 4.79 Å². The molecule has 1 N–H and O–H groups in total. The Balaban J connectivity index is 1.74. The van der Waals surface area contributed by atoms with Crippen LogP contribution >= 0.6 is 11.6 Å². The van der Waals surface area contributed by atoms with E-state index in [9.17, 15) is 9.59 Å². The van der Waals surface area contributed by atoms with Crippen molar-refractivity contribution in [2.24, 2.45) is 14.1 Å². The van der Waals surface area contributed by atoms with Crippen molar-refractivity contribution < 1.29 is 4.74 Å². The van der Waals surface area contributed by atoms with Crippen molar-refractivity contribution in [3.8, 4) is 0 Å². The van der Waals surface area contributed by atoms with Gasteiger partial charge in [0, 0.05) is 63.1 Å². The van der Waals surface area contributed by atoms with Crippen LogP contribution in [0.25, 0.3) is 0 Å². The van der Waals surface area contributed by atoms with Crippen LogP contribution in [0.4, 0.5) is 0 Å². The van der Waals surface area contributed by atoms with Crippen molar-refractivity contribution in [1.82, 2.24) is 19.4 Å². The van der Waals surface area contributed by atoms with E-state index < -0.39 is 0 Å². The summed E-state index contributed by atoms with van der Waals surface area (Å²) in [6.07, 6.45) is 1.60. The average molecular weight is 393 g/mol. The van der Waals surface area contributed by atoms with E-state index in [1.807, 2.05) is 24.3 Å². The minimum absolute atomic E-state index is 0.155. The smallest absolute Gasteiger partial charge is 0.330 e. The zero-order valence-corrected chi connectivity index (χ0v) is 16.4. The van der Waals surface area contributed by atoms with Gasteiger partial charge in [-0.3, -0.25) is 14.3 Å². The molecule has 8 heteroatoms. The van der Waals surface area contributed by atoms with Crippen molar-refractivity contribution >= 4 is 11.6 Å². The summed E-state index contributed by atoms with van der Waals surface area (Å²) in [5, 5.41) is 4.09. The van der Waals surface area contributed by atoms with Crippen molar-refractivity contribution in [1.29, 1.82) is 0 Å². The highest BCUT2D eigenvalue weighted by Crippen LogP contribution is 2.23. The van der Waals surface area contributed by atoms with Gasteiger partial charge in [-0.15, -0.1) is 0 Å². The third-order valence-electron chi connectivity index (χ3n) is 4.91. The molecule has 0 radical (unpaired) electrons. The second-order valence-corrected chi connectivity index (χ2v) is 7.20. The summed E-state index contributed by atoms with van der Waals surface area (Å²) in [5.74, 6) is 0. The maximum atomic E-state index is 12.3. The van der Waals surface area contributed by atoms with Gasteiger partial charge >= 0.3 is 5.69 Å². The fourth-order valence-corrected chi connectivity index (χ4v) is 3.51. The number of nitrogens with one attached hydrogen (secondary N) is 1. The molecule has 0 bridgehead atoms. The van der Waals surface area contributed by atoms with Crippen molar-refractivity contribution in [3.63, 3.8) is 0 Å². The molecule has 0 amide bonds. The second-order valence-electron chi connectivity index (χ2n) is 6.76. The highest BCUT2D eigenvalue weighted by molar-refractivity contribution is 6.30. The van der Waals surface area contributed by atoms with Gasteiger partial charge in [-0.05, 0) is 17.7 Å². The molecule has 1 aromatic carbocycles. The topological polar surface area (TPSA) is 68.5 Å². The predicted octanol–water partition coefficient (Wildman–Crippen LogP) is 0.901. The summed E-state index contributed by atoms with van der Waals surface area (Å²) in [5.41, 5.74) is 1.15. The number of nitrogens with zero attached hydrogens (tertiary/aromatic N) is 3. The lowest BCUT2D eigenvalue weighted by molar-refractivity contribution is 0.0161. The Morgan fingerprint density at radius 1 is 1.15 bits per heavy atom. The van der Waals surface area contributed by atoms with Crippen molar-refractivity contribution in [2.75, 3.05) is 32.8 Å². The molecular weight excluding hydrogens is 368 g/mol. The fraction of sp³-hybridized carbons (Fsp3) is 0.474. The van der Waals surface area contributed by atoms with Crippen LogP contribution in [0, 0.1) is 0 Å². The molecule has 3 rings (SSSR count). The minimum Gasteiger partial charge on any atom is -0.379 e. The van der Waals surface area contributed by atoms with Gasteiger partial charge in [0.1, 0.15) is 0 Å². The molecule has 2 aromatic rings. The number of aromatic nitrogens is 2. The number of hydrogen-bond acceptors (Lipinski definition) is 5. The van der Waals surface area contributed by atoms with Crippen LogP contribution in [0.5, 0.6) is 0 Å². The monoisotopic (exact) mass is 392 g/mol. The van der Waals surface area contributed by atoms with E-state index in [1.54, 1.807) is 13.2 Å². The van der Waals surface area contributed by atoms with Gasteiger partial charge in [-0.1, -0.05) is 23.7 Å². The molecule has 7 nitrogen and oxygen atoms in total. The van der Waals surface area contributed by atoms with Gasteiger partial charge in [-0.2, -0.15) is 0 Å². The summed E-state index contributed by atoms with van der Waals surface area (Å²) < 4.78 is 8.03. The Kier molecular flexibility index (Phi) is 6.49. The zero-order valence-electron chi connectivity index (χ0n) is 15.7.